The highest BCUT2D eigenvalue weighted by atomic mass is 32.1. The fraction of sp³-hybridized carbons (Fsp3) is 0.271. The first-order chi connectivity index (χ1) is 29.6. The molecule has 7 rings (SSSR count). The molecule has 1 aromatic heterocycles. The number of ketones is 1. The predicted molar refractivity (Wildman–Crippen MR) is 226 cm³/mol. The highest BCUT2D eigenvalue weighted by molar-refractivity contribution is 7.22. The number of carbonyl (C=O) groups excluding carboxylic acids is 6. The molecule has 0 amide bonds. The van der Waals surface area contributed by atoms with Gasteiger partial charge in [-0.15, -0.1) is 11.3 Å². The monoisotopic (exact) mass is 841 g/mol. The molecule has 1 heterocycles. The van der Waals surface area contributed by atoms with Gasteiger partial charge in [0, 0.05) is 18.1 Å². The molecule has 0 bridgehead atoms. The molecule has 0 radical (unpaired) electrons. The van der Waals surface area contributed by atoms with Gasteiger partial charge in [-0.05, 0) is 112 Å². The van der Waals surface area contributed by atoms with Crippen LogP contribution in [0.1, 0.15) is 56.9 Å². The standard InChI is InChI=1S/C48H43NO11S/c1-3-35(50)28-29-10-20-37(21-11-29)57-45(52)31-12-16-33(17-13-31)47(54)59-39-26-27-40(43-42(39)49-44(61-43)30-8-6-5-7-9-30)60-48(55)34-18-14-32(15-19-34)46(53)58-38-24-22-36(23-25-38)56-41(51)4-2/h3-11,20-27,31-34H,1-2,12-19,28H2. The third kappa shape index (κ3) is 10.7. The normalized spacial score (nSPS) is 18.6. The molecular formula is C48H43NO11S. The van der Waals surface area contributed by atoms with Crippen molar-refractivity contribution in [3.63, 3.8) is 0 Å². The molecule has 12 nitrogen and oxygen atoms in total. The summed E-state index contributed by atoms with van der Waals surface area (Å²) in [6.07, 6.45) is 6.07. The van der Waals surface area contributed by atoms with E-state index < -0.39 is 41.6 Å². The topological polar surface area (TPSA) is 161 Å². The Hall–Kier alpha value is -6.73. The summed E-state index contributed by atoms with van der Waals surface area (Å²) in [6, 6.07) is 25.6. The molecule has 2 aliphatic carbocycles. The van der Waals surface area contributed by atoms with Crippen LogP contribution in [-0.2, 0) is 35.2 Å². The lowest BCUT2D eigenvalue weighted by molar-refractivity contribution is -0.145. The molecule has 13 heteroatoms. The van der Waals surface area contributed by atoms with Crippen molar-refractivity contribution in [2.75, 3.05) is 0 Å². The van der Waals surface area contributed by atoms with Crippen LogP contribution in [0.2, 0.25) is 0 Å². The van der Waals surface area contributed by atoms with Crippen LogP contribution < -0.4 is 23.7 Å². The summed E-state index contributed by atoms with van der Waals surface area (Å²) in [5.74, 6) is -2.44. The SMILES string of the molecule is C=CC(=O)Cc1ccc(OC(=O)C2CCC(C(=O)Oc3ccc(OC(=O)C4CCC(C(=O)Oc5ccc(OC(=O)C=C)cc5)CC4)c4sc(-c5ccccc5)nc34)CC2)cc1. The zero-order valence-corrected chi connectivity index (χ0v) is 34.1. The van der Waals surface area contributed by atoms with Gasteiger partial charge < -0.3 is 23.7 Å². The number of aromatic nitrogens is 1. The maximum atomic E-state index is 13.6. The molecule has 312 valence electrons. The Morgan fingerprint density at radius 2 is 0.984 bits per heavy atom. The van der Waals surface area contributed by atoms with Gasteiger partial charge in [0.2, 0.25) is 0 Å². The molecule has 2 aliphatic rings. The van der Waals surface area contributed by atoms with E-state index in [4.69, 9.17) is 28.7 Å². The lowest BCUT2D eigenvalue weighted by Gasteiger charge is -2.26. The van der Waals surface area contributed by atoms with Crippen LogP contribution in [0.3, 0.4) is 0 Å². The van der Waals surface area contributed by atoms with Crippen molar-refractivity contribution in [1.82, 2.24) is 4.98 Å². The highest BCUT2D eigenvalue weighted by Gasteiger charge is 2.34. The van der Waals surface area contributed by atoms with Crippen LogP contribution >= 0.6 is 11.3 Å². The molecule has 2 saturated carbocycles. The van der Waals surface area contributed by atoms with Gasteiger partial charge in [0.1, 0.15) is 32.5 Å². The number of benzene rings is 4. The van der Waals surface area contributed by atoms with Crippen LogP contribution in [0, 0.1) is 23.7 Å². The fourth-order valence-corrected chi connectivity index (χ4v) is 8.46. The summed E-state index contributed by atoms with van der Waals surface area (Å²) in [5, 5.41) is 0.654. The zero-order valence-electron chi connectivity index (χ0n) is 33.2. The van der Waals surface area contributed by atoms with Gasteiger partial charge in [-0.1, -0.05) is 55.6 Å². The number of allylic oxidation sites excluding steroid dienone is 1. The molecule has 0 spiro atoms. The number of ether oxygens (including phenoxy) is 5. The summed E-state index contributed by atoms with van der Waals surface area (Å²) in [6.45, 7) is 6.85. The second-order valence-electron chi connectivity index (χ2n) is 15.0. The van der Waals surface area contributed by atoms with Crippen molar-refractivity contribution in [2.24, 2.45) is 23.7 Å². The first-order valence-corrected chi connectivity index (χ1v) is 20.9. The Balaban J connectivity index is 0.954. The highest BCUT2D eigenvalue weighted by Crippen LogP contribution is 2.42. The van der Waals surface area contributed by atoms with Gasteiger partial charge in [-0.25, -0.2) is 9.78 Å². The molecular weight excluding hydrogens is 799 g/mol. The van der Waals surface area contributed by atoms with Crippen LogP contribution in [0.25, 0.3) is 20.8 Å². The Morgan fingerprint density at radius 1 is 0.541 bits per heavy atom. The molecule has 4 aromatic carbocycles. The first-order valence-electron chi connectivity index (χ1n) is 20.1. The predicted octanol–water partition coefficient (Wildman–Crippen LogP) is 8.99. The van der Waals surface area contributed by atoms with E-state index in [1.807, 2.05) is 30.3 Å². The van der Waals surface area contributed by atoms with Crippen molar-refractivity contribution >= 4 is 57.2 Å². The van der Waals surface area contributed by atoms with Crippen molar-refractivity contribution in [3.05, 3.63) is 122 Å². The molecule has 0 saturated heterocycles. The molecule has 61 heavy (non-hydrogen) atoms. The summed E-state index contributed by atoms with van der Waals surface area (Å²) >= 11 is 1.32. The molecule has 2 fully saturated rings. The first kappa shape index (κ1) is 42.4. The number of rotatable bonds is 14. The second kappa shape index (κ2) is 19.6. The number of hydrogen-bond acceptors (Lipinski definition) is 13. The Labute approximate surface area is 356 Å². The molecule has 0 atom stereocenters. The molecule has 0 aliphatic heterocycles. The van der Waals surface area contributed by atoms with Gasteiger partial charge in [-0.2, -0.15) is 0 Å². The Morgan fingerprint density at radius 3 is 1.48 bits per heavy atom. The Bertz CT molecular complexity index is 2290. The minimum atomic E-state index is -0.596. The van der Waals surface area contributed by atoms with Crippen molar-refractivity contribution < 1.29 is 52.5 Å². The summed E-state index contributed by atoms with van der Waals surface area (Å²) in [5.41, 5.74) is 2.03. The number of nitrogens with zero attached hydrogens (tertiary/aromatic N) is 1. The van der Waals surface area contributed by atoms with Gasteiger partial charge >= 0.3 is 29.8 Å². The Kier molecular flexibility index (Phi) is 13.6. The number of hydrogen-bond donors (Lipinski definition) is 0. The van der Waals surface area contributed by atoms with E-state index in [0.717, 1.165) is 17.2 Å². The van der Waals surface area contributed by atoms with Gasteiger partial charge in [0.15, 0.2) is 17.3 Å². The lowest BCUT2D eigenvalue weighted by atomic mass is 9.82. The van der Waals surface area contributed by atoms with Crippen LogP contribution in [0.15, 0.2) is 116 Å². The zero-order chi connectivity index (χ0) is 42.9. The average Bonchev–Trinajstić information content (AvgIpc) is 3.75. The lowest BCUT2D eigenvalue weighted by Crippen LogP contribution is -2.30. The van der Waals surface area contributed by atoms with Crippen LogP contribution in [0.5, 0.6) is 28.7 Å². The largest absolute Gasteiger partial charge is 0.426 e. The van der Waals surface area contributed by atoms with Crippen molar-refractivity contribution in [2.45, 2.75) is 57.8 Å². The van der Waals surface area contributed by atoms with Crippen LogP contribution in [-0.4, -0.2) is 40.6 Å². The van der Waals surface area contributed by atoms with E-state index in [1.165, 1.54) is 41.7 Å². The van der Waals surface area contributed by atoms with E-state index in [1.54, 1.807) is 36.4 Å². The smallest absolute Gasteiger partial charge is 0.335 e. The van der Waals surface area contributed by atoms with E-state index in [9.17, 15) is 28.8 Å². The maximum Gasteiger partial charge on any atom is 0.335 e. The average molecular weight is 842 g/mol. The van der Waals surface area contributed by atoms with Gasteiger partial charge in [0.25, 0.3) is 0 Å². The van der Waals surface area contributed by atoms with Crippen LogP contribution in [0.4, 0.5) is 0 Å². The summed E-state index contributed by atoms with van der Waals surface area (Å²) < 4.78 is 28.8. The minimum Gasteiger partial charge on any atom is -0.426 e. The third-order valence-corrected chi connectivity index (χ3v) is 12.0. The molecule has 0 unspecified atom stereocenters. The number of fused-ring (bicyclic) bond motifs is 1. The van der Waals surface area contributed by atoms with Gasteiger partial charge in [0.05, 0.1) is 23.7 Å². The van der Waals surface area contributed by atoms with Gasteiger partial charge in [-0.3, -0.25) is 24.0 Å². The van der Waals surface area contributed by atoms with Crippen molar-refractivity contribution in [3.8, 4) is 39.3 Å². The summed E-state index contributed by atoms with van der Waals surface area (Å²) in [7, 11) is 0. The van der Waals surface area contributed by atoms with E-state index in [0.29, 0.717) is 89.6 Å². The van der Waals surface area contributed by atoms with Crippen molar-refractivity contribution in [1.29, 1.82) is 0 Å². The third-order valence-electron chi connectivity index (χ3n) is 10.9. The van der Waals surface area contributed by atoms with E-state index in [2.05, 4.69) is 13.2 Å². The molecule has 0 N–H and O–H groups in total. The fourth-order valence-electron chi connectivity index (χ4n) is 7.42. The van der Waals surface area contributed by atoms with E-state index >= 15 is 0 Å². The number of esters is 5. The maximum absolute atomic E-state index is 13.6. The minimum absolute atomic E-state index is 0.0986. The summed E-state index contributed by atoms with van der Waals surface area (Å²) in [4.78, 5) is 81.0. The second-order valence-corrected chi connectivity index (χ2v) is 16.0. The number of carbonyl (C=O) groups is 6. The van der Waals surface area contributed by atoms with E-state index in [-0.39, 0.29) is 29.8 Å². The molecule has 5 aromatic rings. The quantitative estimate of drug-likeness (QED) is 0.0594. The number of thiazole rings is 1.